The van der Waals surface area contributed by atoms with E-state index in [-0.39, 0.29) is 23.6 Å². The molecule has 10 heteroatoms. The van der Waals surface area contributed by atoms with Crippen LogP contribution in [0.5, 0.6) is 11.5 Å². The van der Waals surface area contributed by atoms with E-state index in [1.165, 1.54) is 9.80 Å². The second kappa shape index (κ2) is 11.6. The summed E-state index contributed by atoms with van der Waals surface area (Å²) in [5, 5.41) is 3.76. The molecule has 4 aliphatic heterocycles. The number of hydrogen-bond donors (Lipinski definition) is 0. The third-order valence-electron chi connectivity index (χ3n) is 11.1. The Kier molecular flexibility index (Phi) is 7.43. The number of fused-ring (bicyclic) bond motifs is 5. The van der Waals surface area contributed by atoms with Gasteiger partial charge < -0.3 is 9.47 Å². The Hall–Kier alpha value is -5.32. The number of carbonyl (C=O) groups excluding carboxylic acids is 4. The lowest BCUT2D eigenvalue weighted by molar-refractivity contribution is -0.136. The molecule has 0 saturated carbocycles. The third kappa shape index (κ3) is 4.48. The van der Waals surface area contributed by atoms with Gasteiger partial charge in [0.05, 0.1) is 49.5 Å². The van der Waals surface area contributed by atoms with Crippen molar-refractivity contribution in [1.82, 2.24) is 10.0 Å². The molecule has 50 heavy (non-hydrogen) atoms. The summed E-state index contributed by atoms with van der Waals surface area (Å²) in [7, 11) is 3.16. The van der Waals surface area contributed by atoms with Crippen molar-refractivity contribution in [3.05, 3.63) is 118 Å². The first-order valence-electron chi connectivity index (χ1n) is 16.8. The van der Waals surface area contributed by atoms with Crippen molar-refractivity contribution in [1.29, 1.82) is 0 Å². The fourth-order valence-corrected chi connectivity index (χ4v) is 8.34. The number of benzene rings is 4. The first kappa shape index (κ1) is 31.9. The summed E-state index contributed by atoms with van der Waals surface area (Å²) in [5.41, 5.74) is 6.51. The molecule has 0 aromatic heterocycles. The van der Waals surface area contributed by atoms with Crippen molar-refractivity contribution >= 4 is 35.0 Å². The summed E-state index contributed by atoms with van der Waals surface area (Å²) in [5.74, 6) is -1.88. The molecule has 0 N–H and O–H groups in total. The molecular weight excluding hydrogens is 632 g/mol. The van der Waals surface area contributed by atoms with E-state index in [1.54, 1.807) is 26.4 Å². The number of imide groups is 2. The topological polar surface area (TPSA) is 99.7 Å². The minimum absolute atomic E-state index is 0.341. The first-order valence-corrected chi connectivity index (χ1v) is 16.8. The molecule has 10 nitrogen and oxygen atoms in total. The average molecular weight is 671 g/mol. The summed E-state index contributed by atoms with van der Waals surface area (Å²) in [6.07, 6.45) is 0. The van der Waals surface area contributed by atoms with E-state index in [0.29, 0.717) is 22.9 Å². The van der Waals surface area contributed by atoms with Crippen molar-refractivity contribution in [3.8, 4) is 11.5 Å². The van der Waals surface area contributed by atoms with Gasteiger partial charge in [0.15, 0.2) is 0 Å². The molecule has 4 heterocycles. The van der Waals surface area contributed by atoms with Crippen LogP contribution in [0.2, 0.25) is 0 Å². The minimum atomic E-state index is -0.954. The number of carbonyl (C=O) groups is 4. The number of methoxy groups -OCH3 is 2. The molecule has 4 aromatic rings. The van der Waals surface area contributed by atoms with Crippen LogP contribution in [0.4, 0.5) is 11.4 Å². The van der Waals surface area contributed by atoms with E-state index in [2.05, 4.69) is 0 Å². The average Bonchev–Trinajstić information content (AvgIpc) is 3.79. The Morgan fingerprint density at radius 2 is 0.800 bits per heavy atom. The molecule has 0 spiro atoms. The standard InChI is InChI=1S/C40H38N4O6/c1-21-7-13-27(19-23(21)3)41-37(45)31-33(25-9-15-29(49-5)16-10-25)44-36-32(38(46)42(40(36)48)28-14-8-22(2)24(4)20-28)34(43(44)35(31)39(41)47)26-11-17-30(50-6)18-12-26/h7-20,31-36H,1-6H3. The summed E-state index contributed by atoms with van der Waals surface area (Å²) < 4.78 is 10.9. The van der Waals surface area contributed by atoms with E-state index in [1.807, 2.05) is 111 Å². The number of hydrogen-bond acceptors (Lipinski definition) is 8. The molecule has 8 rings (SSSR count). The van der Waals surface area contributed by atoms with E-state index in [0.717, 1.165) is 33.4 Å². The van der Waals surface area contributed by atoms with Gasteiger partial charge >= 0.3 is 0 Å². The zero-order valence-electron chi connectivity index (χ0n) is 28.8. The van der Waals surface area contributed by atoms with Crippen LogP contribution in [0.3, 0.4) is 0 Å². The highest BCUT2D eigenvalue weighted by molar-refractivity contribution is 6.26. The Morgan fingerprint density at radius 1 is 0.440 bits per heavy atom. The molecule has 6 unspecified atom stereocenters. The molecule has 4 aromatic carbocycles. The number of rotatable bonds is 6. The molecule has 0 bridgehead atoms. The van der Waals surface area contributed by atoms with E-state index < -0.39 is 36.0 Å². The van der Waals surface area contributed by atoms with Gasteiger partial charge in [-0.3, -0.25) is 19.2 Å². The molecule has 6 atom stereocenters. The zero-order valence-corrected chi connectivity index (χ0v) is 28.8. The summed E-state index contributed by atoms with van der Waals surface area (Å²) in [6.45, 7) is 7.87. The highest BCUT2D eigenvalue weighted by Gasteiger charge is 2.73. The molecule has 0 radical (unpaired) electrons. The van der Waals surface area contributed by atoms with Crippen LogP contribution in [0.25, 0.3) is 0 Å². The van der Waals surface area contributed by atoms with Crippen LogP contribution in [-0.4, -0.2) is 59.9 Å². The fraction of sp³-hybridized carbons (Fsp3) is 0.300. The smallest absolute Gasteiger partial charge is 0.253 e. The maximum Gasteiger partial charge on any atom is 0.253 e. The van der Waals surface area contributed by atoms with Gasteiger partial charge in [0.1, 0.15) is 23.6 Å². The highest BCUT2D eigenvalue weighted by atomic mass is 16.5. The molecule has 4 fully saturated rings. The second-order valence-electron chi connectivity index (χ2n) is 13.7. The Bertz CT molecular complexity index is 1930. The monoisotopic (exact) mass is 670 g/mol. The van der Waals surface area contributed by atoms with E-state index >= 15 is 0 Å². The summed E-state index contributed by atoms with van der Waals surface area (Å²) >= 11 is 0. The van der Waals surface area contributed by atoms with Gasteiger partial charge in [0.2, 0.25) is 11.8 Å². The first-order chi connectivity index (χ1) is 24.0. The van der Waals surface area contributed by atoms with Gasteiger partial charge in [0.25, 0.3) is 11.8 Å². The maximum absolute atomic E-state index is 14.7. The van der Waals surface area contributed by atoms with Crippen molar-refractivity contribution < 1.29 is 28.7 Å². The normalized spacial score (nSPS) is 26.1. The van der Waals surface area contributed by atoms with Crippen molar-refractivity contribution in [2.45, 2.75) is 51.9 Å². The van der Waals surface area contributed by atoms with Crippen LogP contribution in [0.15, 0.2) is 84.9 Å². The number of anilines is 2. The number of aryl methyl sites for hydroxylation is 4. The highest BCUT2D eigenvalue weighted by Crippen LogP contribution is 2.60. The van der Waals surface area contributed by atoms with Gasteiger partial charge in [-0.15, -0.1) is 0 Å². The van der Waals surface area contributed by atoms with Crippen LogP contribution in [0, 0.1) is 39.5 Å². The number of amides is 4. The molecule has 4 saturated heterocycles. The Labute approximate surface area is 290 Å². The lowest BCUT2D eigenvalue weighted by atomic mass is 9.84. The largest absolute Gasteiger partial charge is 0.497 e. The predicted molar refractivity (Wildman–Crippen MR) is 187 cm³/mol. The van der Waals surface area contributed by atoms with E-state index in [4.69, 9.17) is 9.47 Å². The van der Waals surface area contributed by atoms with Gasteiger partial charge in [-0.25, -0.2) is 19.8 Å². The zero-order chi connectivity index (χ0) is 35.2. The van der Waals surface area contributed by atoms with Gasteiger partial charge in [0, 0.05) is 0 Å². The van der Waals surface area contributed by atoms with Crippen LogP contribution in [-0.2, 0) is 19.2 Å². The molecule has 4 aliphatic rings. The van der Waals surface area contributed by atoms with Crippen molar-refractivity contribution in [2.24, 2.45) is 11.8 Å². The molecule has 254 valence electrons. The van der Waals surface area contributed by atoms with Crippen LogP contribution in [0.1, 0.15) is 45.5 Å². The van der Waals surface area contributed by atoms with Gasteiger partial charge in [-0.1, -0.05) is 36.4 Å². The Balaban J connectivity index is 1.32. The third-order valence-corrected chi connectivity index (χ3v) is 11.1. The molecular formula is C40H38N4O6. The minimum Gasteiger partial charge on any atom is -0.497 e. The lowest BCUT2D eigenvalue weighted by Crippen LogP contribution is -2.50. The SMILES string of the molecule is COc1ccc(C2C3C(=O)N(c4ccc(C)c(C)c4)C(=O)C3N3C(c4ccc(OC)cc4)C4C(=O)N(c5ccc(C)c(C)c5)C(=O)C4N23)cc1. The maximum atomic E-state index is 14.7. The summed E-state index contributed by atoms with van der Waals surface area (Å²) in [4.78, 5) is 61.5. The second-order valence-corrected chi connectivity index (χ2v) is 13.7. The lowest BCUT2D eigenvalue weighted by Gasteiger charge is -2.36. The fourth-order valence-electron chi connectivity index (χ4n) is 8.34. The van der Waals surface area contributed by atoms with Crippen LogP contribution >= 0.6 is 0 Å². The van der Waals surface area contributed by atoms with Crippen molar-refractivity contribution in [3.63, 3.8) is 0 Å². The van der Waals surface area contributed by atoms with Crippen LogP contribution < -0.4 is 19.3 Å². The van der Waals surface area contributed by atoms with Crippen molar-refractivity contribution in [2.75, 3.05) is 24.0 Å². The van der Waals surface area contributed by atoms with E-state index in [9.17, 15) is 19.2 Å². The van der Waals surface area contributed by atoms with Gasteiger partial charge in [-0.2, -0.15) is 0 Å². The number of ether oxygens (including phenoxy) is 2. The number of nitrogens with zero attached hydrogens (tertiary/aromatic N) is 4. The number of hydrazine groups is 1. The molecule has 4 amide bonds. The molecule has 0 aliphatic carbocycles. The predicted octanol–water partition coefficient (Wildman–Crippen LogP) is 5.38. The van der Waals surface area contributed by atoms with Gasteiger partial charge in [-0.05, 0) is 110 Å². The Morgan fingerprint density at radius 3 is 1.12 bits per heavy atom. The summed E-state index contributed by atoms with van der Waals surface area (Å²) in [6, 6.07) is 22.5. The quantitative estimate of drug-likeness (QED) is 0.252.